The second-order valence-electron chi connectivity index (χ2n) is 4.28. The number of nitrogens with zero attached hydrogens (tertiary/aromatic N) is 2. The summed E-state index contributed by atoms with van der Waals surface area (Å²) in [6.45, 7) is 0.800. The monoisotopic (exact) mass is 259 g/mol. The zero-order chi connectivity index (χ0) is 13.5. The van der Waals surface area contributed by atoms with Crippen LogP contribution >= 0.6 is 0 Å². The smallest absolute Gasteiger partial charge is 0.241 e. The first kappa shape index (κ1) is 13.3. The van der Waals surface area contributed by atoms with Crippen molar-refractivity contribution in [1.29, 1.82) is 0 Å². The SMILES string of the molecule is O=C(Cn1cc(CCO)cn1)NCc1ccccc1. The van der Waals surface area contributed by atoms with Crippen molar-refractivity contribution in [1.82, 2.24) is 15.1 Å². The molecule has 19 heavy (non-hydrogen) atoms. The molecule has 0 unspecified atom stereocenters. The second kappa shape index (κ2) is 6.70. The van der Waals surface area contributed by atoms with Gasteiger partial charge in [0.05, 0.1) is 6.20 Å². The summed E-state index contributed by atoms with van der Waals surface area (Å²) in [5, 5.41) is 15.7. The highest BCUT2D eigenvalue weighted by Gasteiger charge is 2.04. The van der Waals surface area contributed by atoms with Gasteiger partial charge in [-0.05, 0) is 17.5 Å². The number of aliphatic hydroxyl groups is 1. The Kier molecular flexibility index (Phi) is 4.69. The van der Waals surface area contributed by atoms with Crippen LogP contribution in [-0.2, 0) is 24.3 Å². The quantitative estimate of drug-likeness (QED) is 0.804. The molecular formula is C14H17N3O2. The maximum absolute atomic E-state index is 11.7. The summed E-state index contributed by atoms with van der Waals surface area (Å²) in [5.74, 6) is -0.0810. The highest BCUT2D eigenvalue weighted by Crippen LogP contribution is 1.99. The molecule has 1 aromatic carbocycles. The van der Waals surface area contributed by atoms with E-state index < -0.39 is 0 Å². The lowest BCUT2D eigenvalue weighted by molar-refractivity contribution is -0.122. The molecule has 0 radical (unpaired) electrons. The molecule has 0 aliphatic carbocycles. The minimum absolute atomic E-state index is 0.0810. The van der Waals surface area contributed by atoms with Crippen LogP contribution < -0.4 is 5.32 Å². The summed E-state index contributed by atoms with van der Waals surface area (Å²) in [6, 6.07) is 9.76. The van der Waals surface area contributed by atoms with Crippen LogP contribution in [0.25, 0.3) is 0 Å². The summed E-state index contributed by atoms with van der Waals surface area (Å²) in [4.78, 5) is 11.7. The topological polar surface area (TPSA) is 67.2 Å². The lowest BCUT2D eigenvalue weighted by Crippen LogP contribution is -2.27. The van der Waals surface area contributed by atoms with E-state index in [1.807, 2.05) is 30.3 Å². The van der Waals surface area contributed by atoms with E-state index in [-0.39, 0.29) is 19.1 Å². The van der Waals surface area contributed by atoms with Crippen molar-refractivity contribution in [3.8, 4) is 0 Å². The molecule has 0 saturated carbocycles. The molecule has 0 fully saturated rings. The van der Waals surface area contributed by atoms with Gasteiger partial charge in [-0.15, -0.1) is 0 Å². The third kappa shape index (κ3) is 4.22. The Balaban J connectivity index is 1.80. The summed E-state index contributed by atoms with van der Waals surface area (Å²) in [5.41, 5.74) is 2.00. The van der Waals surface area contributed by atoms with Crippen molar-refractivity contribution in [2.24, 2.45) is 0 Å². The van der Waals surface area contributed by atoms with E-state index >= 15 is 0 Å². The third-order valence-corrected chi connectivity index (χ3v) is 2.73. The van der Waals surface area contributed by atoms with Gasteiger partial charge in [0.25, 0.3) is 0 Å². The van der Waals surface area contributed by atoms with Crippen molar-refractivity contribution >= 4 is 5.91 Å². The molecule has 0 atom stereocenters. The van der Waals surface area contributed by atoms with Crippen LogP contribution in [0.1, 0.15) is 11.1 Å². The third-order valence-electron chi connectivity index (χ3n) is 2.73. The molecule has 5 nitrogen and oxygen atoms in total. The van der Waals surface area contributed by atoms with Gasteiger partial charge in [-0.1, -0.05) is 30.3 Å². The predicted molar refractivity (Wildman–Crippen MR) is 71.3 cm³/mol. The van der Waals surface area contributed by atoms with Crippen molar-refractivity contribution in [3.63, 3.8) is 0 Å². The van der Waals surface area contributed by atoms with Gasteiger partial charge in [-0.25, -0.2) is 0 Å². The minimum atomic E-state index is -0.0810. The first-order valence-corrected chi connectivity index (χ1v) is 6.21. The number of amides is 1. The van der Waals surface area contributed by atoms with Gasteiger partial charge in [0.1, 0.15) is 6.54 Å². The first-order chi connectivity index (χ1) is 9.28. The first-order valence-electron chi connectivity index (χ1n) is 6.21. The zero-order valence-corrected chi connectivity index (χ0v) is 10.6. The molecular weight excluding hydrogens is 242 g/mol. The number of aromatic nitrogens is 2. The van der Waals surface area contributed by atoms with Crippen LogP contribution in [0.5, 0.6) is 0 Å². The fourth-order valence-corrected chi connectivity index (χ4v) is 1.75. The average Bonchev–Trinajstić information content (AvgIpc) is 2.85. The number of hydrogen-bond acceptors (Lipinski definition) is 3. The van der Waals surface area contributed by atoms with E-state index in [9.17, 15) is 4.79 Å². The van der Waals surface area contributed by atoms with E-state index in [0.29, 0.717) is 13.0 Å². The second-order valence-corrected chi connectivity index (χ2v) is 4.28. The number of aliphatic hydroxyl groups excluding tert-OH is 1. The Morgan fingerprint density at radius 3 is 2.79 bits per heavy atom. The molecule has 2 N–H and O–H groups in total. The summed E-state index contributed by atoms with van der Waals surface area (Å²) in [7, 11) is 0. The van der Waals surface area contributed by atoms with E-state index in [1.165, 1.54) is 0 Å². The fourth-order valence-electron chi connectivity index (χ4n) is 1.75. The molecule has 0 aliphatic rings. The highest BCUT2D eigenvalue weighted by molar-refractivity contribution is 5.75. The molecule has 1 amide bonds. The van der Waals surface area contributed by atoms with Gasteiger partial charge in [-0.3, -0.25) is 9.48 Å². The molecule has 100 valence electrons. The van der Waals surface area contributed by atoms with E-state index in [0.717, 1.165) is 11.1 Å². The molecule has 0 bridgehead atoms. The average molecular weight is 259 g/mol. The number of hydrogen-bond donors (Lipinski definition) is 2. The van der Waals surface area contributed by atoms with Crippen LogP contribution in [0, 0.1) is 0 Å². The summed E-state index contributed by atoms with van der Waals surface area (Å²) < 4.78 is 1.57. The molecule has 1 heterocycles. The molecule has 2 rings (SSSR count). The molecule has 5 heteroatoms. The predicted octanol–water partition coefficient (Wildman–Crippen LogP) is 0.734. The van der Waals surface area contributed by atoms with Crippen molar-refractivity contribution in [2.75, 3.05) is 6.61 Å². The van der Waals surface area contributed by atoms with Crippen molar-refractivity contribution < 1.29 is 9.90 Å². The van der Waals surface area contributed by atoms with Gasteiger partial charge in [0.15, 0.2) is 0 Å². The normalized spacial score (nSPS) is 10.4. The standard InChI is InChI=1S/C14H17N3O2/c18-7-6-13-9-16-17(10-13)11-14(19)15-8-12-4-2-1-3-5-12/h1-5,9-10,18H,6-8,11H2,(H,15,19). The highest BCUT2D eigenvalue weighted by atomic mass is 16.3. The lowest BCUT2D eigenvalue weighted by Gasteiger charge is -2.05. The maximum Gasteiger partial charge on any atom is 0.241 e. The largest absolute Gasteiger partial charge is 0.396 e. The van der Waals surface area contributed by atoms with Crippen LogP contribution in [0.4, 0.5) is 0 Å². The minimum Gasteiger partial charge on any atom is -0.396 e. The Bertz CT molecular complexity index is 522. The van der Waals surface area contributed by atoms with Gasteiger partial charge in [-0.2, -0.15) is 5.10 Å². The Labute approximate surface area is 111 Å². The number of rotatable bonds is 6. The maximum atomic E-state index is 11.7. The molecule has 0 spiro atoms. The number of nitrogens with one attached hydrogen (secondary N) is 1. The number of benzene rings is 1. The molecule has 0 saturated heterocycles. The Hall–Kier alpha value is -2.14. The Morgan fingerprint density at radius 2 is 2.05 bits per heavy atom. The van der Waals surface area contributed by atoms with Crippen LogP contribution in [0.3, 0.4) is 0 Å². The van der Waals surface area contributed by atoms with E-state index in [1.54, 1.807) is 17.1 Å². The van der Waals surface area contributed by atoms with Crippen molar-refractivity contribution in [2.45, 2.75) is 19.5 Å². The van der Waals surface area contributed by atoms with Crippen molar-refractivity contribution in [3.05, 3.63) is 53.9 Å². The Morgan fingerprint density at radius 1 is 1.26 bits per heavy atom. The van der Waals surface area contributed by atoms with E-state index in [4.69, 9.17) is 5.11 Å². The lowest BCUT2D eigenvalue weighted by atomic mass is 10.2. The van der Waals surface area contributed by atoms with Gasteiger partial charge in [0, 0.05) is 19.3 Å². The van der Waals surface area contributed by atoms with E-state index in [2.05, 4.69) is 10.4 Å². The summed E-state index contributed by atoms with van der Waals surface area (Å²) in [6.07, 6.45) is 4.00. The van der Waals surface area contributed by atoms with Crippen LogP contribution in [0.15, 0.2) is 42.7 Å². The molecule has 2 aromatic rings. The molecule has 1 aromatic heterocycles. The number of carbonyl (C=O) groups excluding carboxylic acids is 1. The number of carbonyl (C=O) groups is 1. The molecule has 0 aliphatic heterocycles. The summed E-state index contributed by atoms with van der Waals surface area (Å²) >= 11 is 0. The van der Waals surface area contributed by atoms with Crippen LogP contribution in [-0.4, -0.2) is 27.4 Å². The zero-order valence-electron chi connectivity index (χ0n) is 10.6. The fraction of sp³-hybridized carbons (Fsp3) is 0.286. The van der Waals surface area contributed by atoms with Gasteiger partial charge < -0.3 is 10.4 Å². The van der Waals surface area contributed by atoms with Crippen LogP contribution in [0.2, 0.25) is 0 Å². The van der Waals surface area contributed by atoms with Gasteiger partial charge >= 0.3 is 0 Å². The van der Waals surface area contributed by atoms with Gasteiger partial charge in [0.2, 0.25) is 5.91 Å².